The fourth-order valence-electron chi connectivity index (χ4n) is 1.28. The Kier molecular flexibility index (Phi) is 1.94. The smallest absolute Gasteiger partial charge is 0.132 e. The molecule has 1 aromatic carbocycles. The molecule has 0 aromatic heterocycles. The first kappa shape index (κ1) is 6.33. The molecular weight excluding hydrogens is 303 g/mol. The molecule has 0 saturated heterocycles. The average molecular weight is 326 g/mol. The molecule has 1 rings (SSSR count). The molecule has 0 atom stereocenters. The van der Waals surface area contributed by atoms with Gasteiger partial charge in [0.25, 0.3) is 0 Å². The average Bonchev–Trinajstić information content (AvgIpc) is 2.15. The second-order valence-electron chi connectivity index (χ2n) is 4.23. The Balaban J connectivity index is 3.37. The van der Waals surface area contributed by atoms with Gasteiger partial charge in [-0.15, -0.1) is 0 Å². The van der Waals surface area contributed by atoms with Crippen LogP contribution in [-0.2, 0) is 5.41 Å². The highest BCUT2D eigenvalue weighted by Gasteiger charge is 2.20. The van der Waals surface area contributed by atoms with Crippen LogP contribution in [0.3, 0.4) is 0 Å². The lowest BCUT2D eigenvalue weighted by atomic mass is 9.86. The summed E-state index contributed by atoms with van der Waals surface area (Å²) in [5.74, 6) is 0.378. The number of halogens is 1. The maximum atomic E-state index is 7.23. The van der Waals surface area contributed by atoms with Crippen molar-refractivity contribution in [1.82, 2.24) is 0 Å². The van der Waals surface area contributed by atoms with E-state index in [0.29, 0.717) is 9.13 Å². The molecule has 15 heavy (non-hydrogen) atoms. The lowest BCUT2D eigenvalue weighted by Crippen LogP contribution is -2.13. The molecule has 0 saturated carbocycles. The van der Waals surface area contributed by atoms with Crippen molar-refractivity contribution in [2.75, 3.05) is 14.1 Å². The van der Waals surface area contributed by atoms with E-state index < -0.39 is 19.5 Å². The van der Waals surface area contributed by atoms with E-state index in [4.69, 9.17) is 17.7 Å². The summed E-state index contributed by atoms with van der Waals surface area (Å²) in [7, 11) is -5.14. The Hall–Kier alpha value is -0.450. The molecule has 84 valence electrons. The third kappa shape index (κ3) is 2.77. The van der Waals surface area contributed by atoms with Crippen LogP contribution in [0, 0.1) is 3.57 Å². The number of rotatable bonds is 2. The second kappa shape index (κ2) is 4.60. The minimum Gasteiger partial charge on any atom is -0.496 e. The number of ether oxygens (including phenoxy) is 2. The molecule has 0 radical (unpaired) electrons. The molecule has 2 nitrogen and oxygen atoms in total. The molecule has 0 fully saturated rings. The van der Waals surface area contributed by atoms with Crippen LogP contribution in [0.2, 0.25) is 0 Å². The molecule has 0 unspecified atom stereocenters. The first-order valence-electron chi connectivity index (χ1n) is 7.41. The molecule has 0 heterocycles. The van der Waals surface area contributed by atoms with Gasteiger partial charge in [-0.25, -0.2) is 0 Å². The van der Waals surface area contributed by atoms with Gasteiger partial charge in [-0.1, -0.05) is 20.8 Å². The van der Waals surface area contributed by atoms with Gasteiger partial charge in [0.1, 0.15) is 11.5 Å². The van der Waals surface area contributed by atoms with Gasteiger partial charge >= 0.3 is 0 Å². The van der Waals surface area contributed by atoms with E-state index in [1.165, 1.54) is 12.1 Å². The molecule has 0 bridgehead atoms. The molecule has 0 amide bonds. The summed E-state index contributed by atoms with van der Waals surface area (Å²) in [6.07, 6.45) is 0. The quantitative estimate of drug-likeness (QED) is 0.773. The highest BCUT2D eigenvalue weighted by Crippen LogP contribution is 2.36. The standard InChI is InChI=1S/C12H17IO2/c1-12(2,3)8-6-11(15-5)9(13)7-10(8)14-4/h6-7H,1-5H3/i4D3,5D3. The lowest BCUT2D eigenvalue weighted by Gasteiger charge is -2.23. The Morgan fingerprint density at radius 1 is 1.13 bits per heavy atom. The maximum Gasteiger partial charge on any atom is 0.132 e. The van der Waals surface area contributed by atoms with E-state index >= 15 is 0 Å². The van der Waals surface area contributed by atoms with Crippen molar-refractivity contribution in [1.29, 1.82) is 0 Å². The molecule has 0 aliphatic rings. The fraction of sp³-hybridized carbons (Fsp3) is 0.500. The SMILES string of the molecule is [2H]C([2H])([2H])Oc1cc(C(C)(C)C)c(OC([2H])([2H])[2H])cc1I. The Bertz CT molecular complexity index is 516. The summed E-state index contributed by atoms with van der Waals surface area (Å²) in [6, 6.07) is 3.00. The minimum absolute atomic E-state index is 0.179. The highest BCUT2D eigenvalue weighted by molar-refractivity contribution is 14.1. The van der Waals surface area contributed by atoms with Gasteiger partial charge in [0.05, 0.1) is 25.9 Å². The Morgan fingerprint density at radius 3 is 2.27 bits per heavy atom. The van der Waals surface area contributed by atoms with E-state index in [0.717, 1.165) is 0 Å². The van der Waals surface area contributed by atoms with Crippen molar-refractivity contribution in [3.63, 3.8) is 0 Å². The van der Waals surface area contributed by atoms with Crippen LogP contribution in [0.25, 0.3) is 0 Å². The van der Waals surface area contributed by atoms with Crippen LogP contribution in [0.4, 0.5) is 0 Å². The normalized spacial score (nSPS) is 18.9. The Labute approximate surface area is 114 Å². The van der Waals surface area contributed by atoms with Gasteiger partial charge in [0.15, 0.2) is 0 Å². The van der Waals surface area contributed by atoms with Crippen LogP contribution < -0.4 is 9.47 Å². The summed E-state index contributed by atoms with van der Waals surface area (Å²) >= 11 is 1.88. The molecule has 0 aliphatic heterocycles. The summed E-state index contributed by atoms with van der Waals surface area (Å²) in [6.45, 7) is 5.63. The summed E-state index contributed by atoms with van der Waals surface area (Å²) in [5, 5.41) is 0. The summed E-state index contributed by atoms with van der Waals surface area (Å²) in [4.78, 5) is 0. The summed E-state index contributed by atoms with van der Waals surface area (Å²) in [5.41, 5.74) is 0.135. The van der Waals surface area contributed by atoms with Crippen molar-refractivity contribution >= 4 is 22.6 Å². The monoisotopic (exact) mass is 326 g/mol. The topological polar surface area (TPSA) is 18.5 Å². The molecule has 0 aliphatic carbocycles. The van der Waals surface area contributed by atoms with Crippen molar-refractivity contribution in [2.24, 2.45) is 0 Å². The number of hydrogen-bond donors (Lipinski definition) is 0. The fourth-order valence-corrected chi connectivity index (χ4v) is 1.83. The molecule has 0 N–H and O–H groups in total. The van der Waals surface area contributed by atoms with Gasteiger partial charge < -0.3 is 9.47 Å². The van der Waals surface area contributed by atoms with Crippen LogP contribution in [0.15, 0.2) is 12.1 Å². The van der Waals surface area contributed by atoms with E-state index in [2.05, 4.69) is 0 Å². The maximum absolute atomic E-state index is 7.23. The zero-order valence-electron chi connectivity index (χ0n) is 14.8. The van der Waals surface area contributed by atoms with Gasteiger partial charge in [-0.2, -0.15) is 0 Å². The van der Waals surface area contributed by atoms with Crippen LogP contribution in [-0.4, -0.2) is 14.1 Å². The highest BCUT2D eigenvalue weighted by atomic mass is 127. The Morgan fingerprint density at radius 2 is 1.73 bits per heavy atom. The van der Waals surface area contributed by atoms with Gasteiger partial charge in [-0.3, -0.25) is 0 Å². The first-order valence-corrected chi connectivity index (χ1v) is 5.49. The number of methoxy groups -OCH3 is 2. The van der Waals surface area contributed by atoms with Crippen molar-refractivity contribution in [2.45, 2.75) is 26.2 Å². The lowest BCUT2D eigenvalue weighted by molar-refractivity contribution is 0.386. The second-order valence-corrected chi connectivity index (χ2v) is 5.40. The molecule has 1 aromatic rings. The van der Waals surface area contributed by atoms with Crippen molar-refractivity contribution < 1.29 is 17.7 Å². The van der Waals surface area contributed by atoms with Crippen LogP contribution >= 0.6 is 22.6 Å². The minimum atomic E-state index is -2.57. The molecule has 0 spiro atoms. The molecule has 3 heteroatoms. The summed E-state index contributed by atoms with van der Waals surface area (Å²) < 4.78 is 53.7. The number of benzene rings is 1. The third-order valence-corrected chi connectivity index (χ3v) is 2.91. The van der Waals surface area contributed by atoms with Crippen molar-refractivity contribution in [3.05, 3.63) is 21.3 Å². The van der Waals surface area contributed by atoms with E-state index in [9.17, 15) is 0 Å². The van der Waals surface area contributed by atoms with Gasteiger partial charge in [0, 0.05) is 5.56 Å². The molecular formula is C12H17IO2. The predicted molar refractivity (Wildman–Crippen MR) is 71.0 cm³/mol. The van der Waals surface area contributed by atoms with Gasteiger partial charge in [0.2, 0.25) is 0 Å². The number of hydrogen-bond acceptors (Lipinski definition) is 2. The largest absolute Gasteiger partial charge is 0.496 e. The third-order valence-electron chi connectivity index (χ3n) is 2.06. The van der Waals surface area contributed by atoms with Crippen LogP contribution in [0.5, 0.6) is 11.5 Å². The van der Waals surface area contributed by atoms with E-state index in [-0.39, 0.29) is 11.5 Å². The van der Waals surface area contributed by atoms with Crippen molar-refractivity contribution in [3.8, 4) is 11.5 Å². The first-order chi connectivity index (χ1) is 9.19. The van der Waals surface area contributed by atoms with Gasteiger partial charge in [-0.05, 0) is 40.1 Å². The predicted octanol–water partition coefficient (Wildman–Crippen LogP) is 3.61. The zero-order chi connectivity index (χ0) is 16.6. The zero-order valence-corrected chi connectivity index (χ0v) is 11.0. The van der Waals surface area contributed by atoms with E-state index in [1.807, 2.05) is 43.4 Å². The van der Waals surface area contributed by atoms with Crippen LogP contribution in [0.1, 0.15) is 34.6 Å². The van der Waals surface area contributed by atoms with E-state index in [1.54, 1.807) is 0 Å².